The Labute approximate surface area is 194 Å². The summed E-state index contributed by atoms with van der Waals surface area (Å²) in [5, 5.41) is 2.73. The number of amides is 2. The summed E-state index contributed by atoms with van der Waals surface area (Å²) in [5.41, 5.74) is 0.873. The average Bonchev–Trinajstić information content (AvgIpc) is 2.77. The number of hydrogen-bond donors (Lipinski definition) is 1. The van der Waals surface area contributed by atoms with E-state index in [2.05, 4.69) is 5.32 Å². The summed E-state index contributed by atoms with van der Waals surface area (Å²) in [7, 11) is -2.34. The van der Waals surface area contributed by atoms with Gasteiger partial charge in [0.15, 0.2) is 0 Å². The van der Waals surface area contributed by atoms with E-state index in [0.717, 1.165) is 28.3 Å². The molecular weight excluding hydrogens is 449 g/mol. The lowest BCUT2D eigenvalue weighted by atomic mass is 10.1. The number of nitrogens with one attached hydrogen (secondary N) is 1. The Balaban J connectivity index is 2.43. The molecule has 180 valence electrons. The molecule has 1 atom stereocenters. The van der Waals surface area contributed by atoms with Gasteiger partial charge in [-0.15, -0.1) is 0 Å². The first-order valence-corrected chi connectivity index (χ1v) is 12.4. The predicted molar refractivity (Wildman–Crippen MR) is 125 cm³/mol. The van der Waals surface area contributed by atoms with Crippen molar-refractivity contribution in [2.75, 3.05) is 30.8 Å². The van der Waals surface area contributed by atoms with Crippen LogP contribution in [0.15, 0.2) is 48.5 Å². The standard InChI is InChI=1S/C23H30FN3O5S/c1-5-21(23(29)25-6-2)26(15-17-8-7-9-20(14-17)32-3)22(28)16-27(33(4,30)31)19-12-10-18(24)11-13-19/h7-14,21H,5-6,15-16H2,1-4H3,(H,25,29). The molecule has 1 N–H and O–H groups in total. The van der Waals surface area contributed by atoms with Crippen LogP contribution in [-0.2, 0) is 26.2 Å². The molecule has 2 rings (SSSR count). The van der Waals surface area contributed by atoms with Crippen molar-refractivity contribution in [2.45, 2.75) is 32.9 Å². The molecule has 2 aromatic carbocycles. The topological polar surface area (TPSA) is 96.0 Å². The molecule has 0 aliphatic carbocycles. The zero-order chi connectivity index (χ0) is 24.6. The Morgan fingerprint density at radius 1 is 1.12 bits per heavy atom. The minimum Gasteiger partial charge on any atom is -0.497 e. The number of rotatable bonds is 11. The van der Waals surface area contributed by atoms with Gasteiger partial charge >= 0.3 is 0 Å². The zero-order valence-corrected chi connectivity index (χ0v) is 20.1. The Morgan fingerprint density at radius 2 is 1.79 bits per heavy atom. The SMILES string of the molecule is CCNC(=O)C(CC)N(Cc1cccc(OC)c1)C(=O)CN(c1ccc(F)cc1)S(C)(=O)=O. The van der Waals surface area contributed by atoms with E-state index in [9.17, 15) is 22.4 Å². The van der Waals surface area contributed by atoms with Gasteiger partial charge in [0.2, 0.25) is 21.8 Å². The normalized spacial score (nSPS) is 12.0. The van der Waals surface area contributed by atoms with Gasteiger partial charge < -0.3 is 15.0 Å². The second-order valence-corrected chi connectivity index (χ2v) is 9.34. The van der Waals surface area contributed by atoms with Crippen LogP contribution in [0.5, 0.6) is 5.75 Å². The molecule has 0 aliphatic rings. The second-order valence-electron chi connectivity index (χ2n) is 7.44. The number of ether oxygens (including phenoxy) is 1. The number of hydrogen-bond acceptors (Lipinski definition) is 5. The average molecular weight is 480 g/mol. The molecule has 2 amide bonds. The summed E-state index contributed by atoms with van der Waals surface area (Å²) in [4.78, 5) is 27.5. The Morgan fingerprint density at radius 3 is 2.33 bits per heavy atom. The van der Waals surface area contributed by atoms with Gasteiger partial charge in [0.1, 0.15) is 24.2 Å². The molecule has 0 bridgehead atoms. The van der Waals surface area contributed by atoms with E-state index >= 15 is 0 Å². The van der Waals surface area contributed by atoms with Gasteiger partial charge in [-0.25, -0.2) is 12.8 Å². The molecule has 0 aromatic heterocycles. The third kappa shape index (κ3) is 7.18. The summed E-state index contributed by atoms with van der Waals surface area (Å²) >= 11 is 0. The first kappa shape index (κ1) is 26.1. The minimum absolute atomic E-state index is 0.0761. The van der Waals surface area contributed by atoms with Crippen LogP contribution in [0.4, 0.5) is 10.1 Å². The van der Waals surface area contributed by atoms with Gasteiger partial charge in [0, 0.05) is 13.1 Å². The molecule has 33 heavy (non-hydrogen) atoms. The van der Waals surface area contributed by atoms with Crippen molar-refractivity contribution in [1.29, 1.82) is 0 Å². The van der Waals surface area contributed by atoms with Crippen LogP contribution < -0.4 is 14.4 Å². The molecule has 0 saturated heterocycles. The summed E-state index contributed by atoms with van der Waals surface area (Å²) in [6.45, 7) is 3.48. The lowest BCUT2D eigenvalue weighted by Crippen LogP contribution is -2.52. The molecule has 2 aromatic rings. The molecule has 10 heteroatoms. The number of halogens is 1. The first-order valence-electron chi connectivity index (χ1n) is 10.5. The van der Waals surface area contributed by atoms with Gasteiger partial charge in [-0.05, 0) is 55.3 Å². The van der Waals surface area contributed by atoms with Crippen LogP contribution in [0, 0.1) is 5.82 Å². The second kappa shape index (κ2) is 11.6. The number of sulfonamides is 1. The highest BCUT2D eigenvalue weighted by molar-refractivity contribution is 7.92. The van der Waals surface area contributed by atoms with Gasteiger partial charge in [0.05, 0.1) is 19.1 Å². The van der Waals surface area contributed by atoms with Crippen molar-refractivity contribution in [3.05, 3.63) is 59.9 Å². The smallest absolute Gasteiger partial charge is 0.244 e. The molecule has 0 radical (unpaired) electrons. The van der Waals surface area contributed by atoms with Crippen molar-refractivity contribution < 1.29 is 27.1 Å². The van der Waals surface area contributed by atoms with E-state index in [0.29, 0.717) is 18.7 Å². The van der Waals surface area contributed by atoms with Crippen molar-refractivity contribution >= 4 is 27.5 Å². The number of carbonyl (C=O) groups is 2. The maximum Gasteiger partial charge on any atom is 0.244 e. The van der Waals surface area contributed by atoms with Gasteiger partial charge in [-0.1, -0.05) is 19.1 Å². The Bertz CT molecular complexity index is 1060. The number of methoxy groups -OCH3 is 1. The number of likely N-dealkylation sites (N-methyl/N-ethyl adjacent to an activating group) is 1. The molecule has 0 saturated carbocycles. The summed E-state index contributed by atoms with van der Waals surface area (Å²) < 4.78 is 44.4. The lowest BCUT2D eigenvalue weighted by molar-refractivity contribution is -0.140. The number of anilines is 1. The quantitative estimate of drug-likeness (QED) is 0.534. The molecule has 0 fully saturated rings. The summed E-state index contributed by atoms with van der Waals surface area (Å²) in [5.74, 6) is -0.829. The predicted octanol–water partition coefficient (Wildman–Crippen LogP) is 2.54. The van der Waals surface area contributed by atoms with E-state index in [1.54, 1.807) is 38.1 Å². The largest absolute Gasteiger partial charge is 0.497 e. The molecule has 1 unspecified atom stereocenters. The highest BCUT2D eigenvalue weighted by Gasteiger charge is 2.31. The molecule has 0 spiro atoms. The maximum absolute atomic E-state index is 13.4. The fraction of sp³-hybridized carbons (Fsp3) is 0.391. The Hall–Kier alpha value is -3.14. The number of benzene rings is 2. The van der Waals surface area contributed by atoms with Crippen molar-refractivity contribution in [1.82, 2.24) is 10.2 Å². The minimum atomic E-state index is -3.86. The Kier molecular flexibility index (Phi) is 9.22. The van der Waals surface area contributed by atoms with Crippen LogP contribution in [-0.4, -0.2) is 57.6 Å². The van der Waals surface area contributed by atoms with Crippen LogP contribution in [0.3, 0.4) is 0 Å². The maximum atomic E-state index is 13.4. The molecule has 0 aliphatic heterocycles. The number of carbonyl (C=O) groups excluding carboxylic acids is 2. The molecular formula is C23H30FN3O5S. The van der Waals surface area contributed by atoms with Gasteiger partial charge in [0.25, 0.3) is 0 Å². The van der Waals surface area contributed by atoms with Crippen LogP contribution in [0.25, 0.3) is 0 Å². The fourth-order valence-corrected chi connectivity index (χ4v) is 4.25. The highest BCUT2D eigenvalue weighted by atomic mass is 32.2. The van der Waals surface area contributed by atoms with Crippen LogP contribution >= 0.6 is 0 Å². The van der Waals surface area contributed by atoms with Crippen molar-refractivity contribution in [3.63, 3.8) is 0 Å². The monoisotopic (exact) mass is 479 g/mol. The highest BCUT2D eigenvalue weighted by Crippen LogP contribution is 2.21. The summed E-state index contributed by atoms with van der Waals surface area (Å²) in [6.07, 6.45) is 1.30. The molecule has 8 nitrogen and oxygen atoms in total. The van der Waals surface area contributed by atoms with E-state index < -0.39 is 34.3 Å². The fourth-order valence-electron chi connectivity index (χ4n) is 3.40. The van der Waals surface area contributed by atoms with E-state index in [1.165, 1.54) is 24.1 Å². The van der Waals surface area contributed by atoms with Crippen LogP contribution in [0.2, 0.25) is 0 Å². The van der Waals surface area contributed by atoms with E-state index in [1.807, 2.05) is 0 Å². The van der Waals surface area contributed by atoms with Crippen molar-refractivity contribution in [3.8, 4) is 5.75 Å². The van der Waals surface area contributed by atoms with Gasteiger partial charge in [-0.3, -0.25) is 13.9 Å². The lowest BCUT2D eigenvalue weighted by Gasteiger charge is -2.32. The zero-order valence-electron chi connectivity index (χ0n) is 19.2. The third-order valence-corrected chi connectivity index (χ3v) is 6.16. The van der Waals surface area contributed by atoms with Crippen molar-refractivity contribution in [2.24, 2.45) is 0 Å². The van der Waals surface area contributed by atoms with E-state index in [4.69, 9.17) is 4.74 Å². The van der Waals surface area contributed by atoms with E-state index in [-0.39, 0.29) is 18.1 Å². The first-order chi connectivity index (χ1) is 15.6. The molecule has 0 heterocycles. The number of nitrogens with zero attached hydrogens (tertiary/aromatic N) is 2. The van der Waals surface area contributed by atoms with Gasteiger partial charge in [-0.2, -0.15) is 0 Å². The summed E-state index contributed by atoms with van der Waals surface area (Å²) in [6, 6.07) is 11.1. The van der Waals surface area contributed by atoms with Crippen LogP contribution in [0.1, 0.15) is 25.8 Å². The third-order valence-electron chi connectivity index (χ3n) is 5.02.